The van der Waals surface area contributed by atoms with Gasteiger partial charge in [-0.05, 0) is 38.3 Å². The van der Waals surface area contributed by atoms with Gasteiger partial charge in [0.25, 0.3) is 0 Å². The summed E-state index contributed by atoms with van der Waals surface area (Å²) in [6, 6.07) is 10.5. The molecule has 0 saturated carbocycles. The predicted molar refractivity (Wildman–Crippen MR) is 85.5 cm³/mol. The van der Waals surface area contributed by atoms with Crippen LogP contribution >= 0.6 is 0 Å². The Morgan fingerprint density at radius 1 is 1.15 bits per heavy atom. The summed E-state index contributed by atoms with van der Waals surface area (Å²) >= 11 is 0. The van der Waals surface area contributed by atoms with Crippen molar-refractivity contribution in [3.8, 4) is 0 Å². The molecule has 0 fully saturated rings. The molecule has 0 spiro atoms. The fourth-order valence-corrected chi connectivity index (χ4v) is 2.05. The highest BCUT2D eigenvalue weighted by atomic mass is 15.0. The Bertz CT molecular complexity index is 572. The maximum atomic E-state index is 4.25. The average molecular weight is 266 g/mol. The number of rotatable bonds is 6. The average Bonchev–Trinajstić information content (AvgIpc) is 2.87. The Balaban J connectivity index is 1.95. The number of hydrogen-bond donors (Lipinski definition) is 0. The van der Waals surface area contributed by atoms with Crippen LogP contribution in [0, 0.1) is 0 Å². The molecule has 2 rings (SSSR count). The van der Waals surface area contributed by atoms with Crippen molar-refractivity contribution in [2.45, 2.75) is 33.2 Å². The fraction of sp³-hybridized carbons (Fsp3) is 0.278. The maximum absolute atomic E-state index is 4.25. The molecular weight excluding hydrogens is 244 g/mol. The van der Waals surface area contributed by atoms with E-state index < -0.39 is 0 Å². The van der Waals surface area contributed by atoms with E-state index in [1.807, 2.05) is 18.6 Å². The highest BCUT2D eigenvalue weighted by Crippen LogP contribution is 2.09. The van der Waals surface area contributed by atoms with Crippen LogP contribution in [-0.4, -0.2) is 9.55 Å². The lowest BCUT2D eigenvalue weighted by Gasteiger charge is -2.05. The Morgan fingerprint density at radius 3 is 2.70 bits per heavy atom. The van der Waals surface area contributed by atoms with E-state index in [2.05, 4.69) is 65.9 Å². The van der Waals surface area contributed by atoms with Crippen molar-refractivity contribution in [1.29, 1.82) is 0 Å². The number of aromatic nitrogens is 2. The van der Waals surface area contributed by atoms with Crippen molar-refractivity contribution in [1.82, 2.24) is 9.55 Å². The van der Waals surface area contributed by atoms with Crippen molar-refractivity contribution in [3.05, 3.63) is 71.8 Å². The molecule has 1 aromatic heterocycles. The molecule has 2 heteroatoms. The van der Waals surface area contributed by atoms with E-state index >= 15 is 0 Å². The summed E-state index contributed by atoms with van der Waals surface area (Å²) in [5.74, 6) is 0. The second kappa shape index (κ2) is 7.49. The monoisotopic (exact) mass is 266 g/mol. The molecule has 1 heterocycles. The van der Waals surface area contributed by atoms with E-state index in [4.69, 9.17) is 0 Å². The van der Waals surface area contributed by atoms with Crippen molar-refractivity contribution in [3.63, 3.8) is 0 Å². The summed E-state index contributed by atoms with van der Waals surface area (Å²) < 4.78 is 2.17. The maximum Gasteiger partial charge on any atom is 0.0953 e. The molecule has 0 aliphatic rings. The van der Waals surface area contributed by atoms with Gasteiger partial charge in [-0.25, -0.2) is 4.98 Å². The van der Waals surface area contributed by atoms with Gasteiger partial charge >= 0.3 is 0 Å². The van der Waals surface area contributed by atoms with Crippen molar-refractivity contribution in [2.24, 2.45) is 0 Å². The van der Waals surface area contributed by atoms with E-state index in [1.54, 1.807) is 0 Å². The second-order valence-electron chi connectivity index (χ2n) is 5.19. The molecule has 0 amide bonds. The third kappa shape index (κ3) is 4.54. The molecule has 1 aromatic carbocycles. The predicted octanol–water partition coefficient (Wildman–Crippen LogP) is 4.69. The number of unbranched alkanes of at least 4 members (excludes halogenated alkanes) is 1. The zero-order valence-electron chi connectivity index (χ0n) is 12.3. The first-order valence-corrected chi connectivity index (χ1v) is 7.09. The Morgan fingerprint density at radius 2 is 1.95 bits per heavy atom. The zero-order valence-corrected chi connectivity index (χ0v) is 12.3. The molecule has 2 nitrogen and oxygen atoms in total. The lowest BCUT2D eigenvalue weighted by atomic mass is 10.2. The van der Waals surface area contributed by atoms with Crippen LogP contribution in [0.1, 0.15) is 37.9 Å². The summed E-state index contributed by atoms with van der Waals surface area (Å²) in [7, 11) is 0. The van der Waals surface area contributed by atoms with E-state index in [0.29, 0.717) is 0 Å². The van der Waals surface area contributed by atoms with Gasteiger partial charge in [0, 0.05) is 6.54 Å². The van der Waals surface area contributed by atoms with Crippen LogP contribution in [-0.2, 0) is 6.54 Å². The first-order valence-electron chi connectivity index (χ1n) is 7.09. The van der Waals surface area contributed by atoms with Crippen molar-refractivity contribution in [2.75, 3.05) is 0 Å². The minimum absolute atomic E-state index is 0.870. The molecule has 0 bridgehead atoms. The van der Waals surface area contributed by atoms with Gasteiger partial charge in [-0.1, -0.05) is 48.1 Å². The Hall–Kier alpha value is -2.09. The van der Waals surface area contributed by atoms with Gasteiger partial charge < -0.3 is 4.57 Å². The molecule has 0 saturated heterocycles. The minimum atomic E-state index is 0.870. The fourth-order valence-electron chi connectivity index (χ4n) is 2.05. The minimum Gasteiger partial charge on any atom is -0.327 e. The van der Waals surface area contributed by atoms with Crippen LogP contribution in [0.4, 0.5) is 0 Å². The van der Waals surface area contributed by atoms with Crippen molar-refractivity contribution >= 4 is 6.08 Å². The molecule has 20 heavy (non-hydrogen) atoms. The topological polar surface area (TPSA) is 17.8 Å². The molecular formula is C18H22N2. The van der Waals surface area contributed by atoms with Gasteiger partial charge in [-0.15, -0.1) is 0 Å². The van der Waals surface area contributed by atoms with E-state index in [0.717, 1.165) is 25.1 Å². The summed E-state index contributed by atoms with van der Waals surface area (Å²) in [5, 5.41) is 0. The van der Waals surface area contributed by atoms with Gasteiger partial charge in [0.1, 0.15) is 0 Å². The SMILES string of the molecule is CC(C)=CCC/C=C/c1cncn1Cc1ccccc1. The molecule has 0 unspecified atom stereocenters. The molecule has 0 aliphatic carbocycles. The van der Waals surface area contributed by atoms with Crippen molar-refractivity contribution < 1.29 is 0 Å². The van der Waals surface area contributed by atoms with Gasteiger partial charge in [-0.2, -0.15) is 0 Å². The van der Waals surface area contributed by atoms with Gasteiger partial charge in [-0.3, -0.25) is 0 Å². The van der Waals surface area contributed by atoms with Crippen LogP contribution in [0.25, 0.3) is 6.08 Å². The Labute approximate surface area is 121 Å². The Kier molecular flexibility index (Phi) is 5.36. The molecule has 0 radical (unpaired) electrons. The highest BCUT2D eigenvalue weighted by Gasteiger charge is 1.99. The summed E-state index contributed by atoms with van der Waals surface area (Å²) in [5.41, 5.74) is 3.84. The number of nitrogens with zero attached hydrogens (tertiary/aromatic N) is 2. The quantitative estimate of drug-likeness (QED) is 0.548. The largest absolute Gasteiger partial charge is 0.327 e. The van der Waals surface area contributed by atoms with Crippen LogP contribution in [0.3, 0.4) is 0 Å². The van der Waals surface area contributed by atoms with Gasteiger partial charge in [0.15, 0.2) is 0 Å². The summed E-state index contributed by atoms with van der Waals surface area (Å²) in [4.78, 5) is 4.25. The molecule has 104 valence electrons. The second-order valence-corrected chi connectivity index (χ2v) is 5.19. The van der Waals surface area contributed by atoms with E-state index in [1.165, 1.54) is 11.1 Å². The zero-order chi connectivity index (χ0) is 14.2. The summed E-state index contributed by atoms with van der Waals surface area (Å²) in [6.45, 7) is 5.14. The normalized spacial score (nSPS) is 10.9. The van der Waals surface area contributed by atoms with Crippen LogP contribution in [0.15, 0.2) is 60.6 Å². The highest BCUT2D eigenvalue weighted by molar-refractivity contribution is 5.44. The van der Waals surface area contributed by atoms with Gasteiger partial charge in [0.2, 0.25) is 0 Å². The lowest BCUT2D eigenvalue weighted by molar-refractivity contribution is 0.789. The van der Waals surface area contributed by atoms with Crippen LogP contribution in [0.5, 0.6) is 0 Å². The smallest absolute Gasteiger partial charge is 0.0953 e. The standard InChI is InChI=1S/C18H22N2/c1-16(2)9-5-3-8-12-18-13-19-15-20(18)14-17-10-6-4-7-11-17/h4,6-13,15H,3,5,14H2,1-2H3/b12-8+. The van der Waals surface area contributed by atoms with E-state index in [-0.39, 0.29) is 0 Å². The van der Waals surface area contributed by atoms with E-state index in [9.17, 15) is 0 Å². The number of allylic oxidation sites excluding steroid dienone is 3. The molecule has 0 N–H and O–H groups in total. The van der Waals surface area contributed by atoms with Crippen LogP contribution < -0.4 is 0 Å². The lowest BCUT2D eigenvalue weighted by Crippen LogP contribution is -1.99. The third-order valence-corrected chi connectivity index (χ3v) is 3.11. The number of benzene rings is 1. The summed E-state index contributed by atoms with van der Waals surface area (Å²) in [6.07, 6.45) is 12.6. The van der Waals surface area contributed by atoms with Crippen LogP contribution in [0.2, 0.25) is 0 Å². The third-order valence-electron chi connectivity index (χ3n) is 3.11. The molecule has 0 atom stereocenters. The first-order chi connectivity index (χ1) is 9.75. The molecule has 2 aromatic rings. The molecule has 0 aliphatic heterocycles. The number of hydrogen-bond acceptors (Lipinski definition) is 1. The first kappa shape index (κ1) is 14.3. The van der Waals surface area contributed by atoms with Gasteiger partial charge in [0.05, 0.1) is 18.2 Å². The number of imidazole rings is 1.